The lowest BCUT2D eigenvalue weighted by atomic mass is 10.0. The predicted octanol–water partition coefficient (Wildman–Crippen LogP) is 3.28. The SMILES string of the molecule is Cc1nc(N)oc1Cc1ccc(C(C)C)cc1. The second-order valence-corrected chi connectivity index (χ2v) is 4.63. The molecule has 0 fully saturated rings. The van der Waals surface area contributed by atoms with Crippen molar-refractivity contribution in [1.82, 2.24) is 4.98 Å². The van der Waals surface area contributed by atoms with Gasteiger partial charge < -0.3 is 10.2 Å². The van der Waals surface area contributed by atoms with E-state index >= 15 is 0 Å². The molecule has 90 valence electrons. The summed E-state index contributed by atoms with van der Waals surface area (Å²) >= 11 is 0. The zero-order chi connectivity index (χ0) is 12.4. The first-order valence-electron chi connectivity index (χ1n) is 5.87. The molecule has 0 amide bonds. The molecule has 2 N–H and O–H groups in total. The number of anilines is 1. The summed E-state index contributed by atoms with van der Waals surface area (Å²) in [5.41, 5.74) is 8.96. The summed E-state index contributed by atoms with van der Waals surface area (Å²) in [6.45, 7) is 6.30. The summed E-state index contributed by atoms with van der Waals surface area (Å²) in [7, 11) is 0. The van der Waals surface area contributed by atoms with Crippen LogP contribution in [-0.4, -0.2) is 4.98 Å². The maximum atomic E-state index is 5.52. The Labute approximate surface area is 102 Å². The Kier molecular flexibility index (Phi) is 3.18. The van der Waals surface area contributed by atoms with Crippen LogP contribution < -0.4 is 5.73 Å². The van der Waals surface area contributed by atoms with Crippen LogP contribution in [0.4, 0.5) is 6.01 Å². The molecule has 0 aliphatic rings. The summed E-state index contributed by atoms with van der Waals surface area (Å²) in [6, 6.07) is 8.83. The third kappa shape index (κ3) is 2.67. The molecule has 3 nitrogen and oxygen atoms in total. The van der Waals surface area contributed by atoms with Gasteiger partial charge in [-0.25, -0.2) is 0 Å². The zero-order valence-electron chi connectivity index (χ0n) is 10.5. The summed E-state index contributed by atoms with van der Waals surface area (Å²) < 4.78 is 5.36. The molecule has 0 aliphatic carbocycles. The summed E-state index contributed by atoms with van der Waals surface area (Å²) in [5, 5.41) is 0. The molecule has 0 saturated carbocycles. The van der Waals surface area contributed by atoms with Gasteiger partial charge in [-0.15, -0.1) is 0 Å². The van der Waals surface area contributed by atoms with Crippen molar-refractivity contribution in [3.05, 3.63) is 46.8 Å². The van der Waals surface area contributed by atoms with Gasteiger partial charge in [0.1, 0.15) is 5.76 Å². The van der Waals surface area contributed by atoms with Crippen molar-refractivity contribution in [3.8, 4) is 0 Å². The monoisotopic (exact) mass is 230 g/mol. The van der Waals surface area contributed by atoms with E-state index < -0.39 is 0 Å². The number of nitrogens with two attached hydrogens (primary N) is 1. The molecule has 0 radical (unpaired) electrons. The van der Waals surface area contributed by atoms with Crippen LogP contribution in [0.25, 0.3) is 0 Å². The lowest BCUT2D eigenvalue weighted by Gasteiger charge is -2.06. The molecule has 1 aromatic carbocycles. The van der Waals surface area contributed by atoms with E-state index in [9.17, 15) is 0 Å². The number of nitrogen functional groups attached to an aromatic ring is 1. The van der Waals surface area contributed by atoms with E-state index in [4.69, 9.17) is 10.2 Å². The Morgan fingerprint density at radius 2 is 1.88 bits per heavy atom. The van der Waals surface area contributed by atoms with Crippen LogP contribution in [-0.2, 0) is 6.42 Å². The summed E-state index contributed by atoms with van der Waals surface area (Å²) in [6.07, 6.45) is 0.744. The van der Waals surface area contributed by atoms with E-state index in [-0.39, 0.29) is 6.01 Å². The lowest BCUT2D eigenvalue weighted by molar-refractivity contribution is 0.532. The lowest BCUT2D eigenvalue weighted by Crippen LogP contribution is -1.91. The molecule has 1 aromatic heterocycles. The first kappa shape index (κ1) is 11.7. The van der Waals surface area contributed by atoms with Crippen molar-refractivity contribution in [2.45, 2.75) is 33.1 Å². The minimum atomic E-state index is 0.247. The zero-order valence-corrected chi connectivity index (χ0v) is 10.5. The molecule has 1 heterocycles. The van der Waals surface area contributed by atoms with Crippen molar-refractivity contribution in [2.24, 2.45) is 0 Å². The molecule has 17 heavy (non-hydrogen) atoms. The number of hydrogen-bond donors (Lipinski definition) is 1. The van der Waals surface area contributed by atoms with Gasteiger partial charge in [0, 0.05) is 6.42 Å². The quantitative estimate of drug-likeness (QED) is 0.880. The fraction of sp³-hybridized carbons (Fsp3) is 0.357. The first-order chi connectivity index (χ1) is 8.06. The Balaban J connectivity index is 2.16. The minimum absolute atomic E-state index is 0.247. The number of aryl methyl sites for hydroxylation is 1. The highest BCUT2D eigenvalue weighted by molar-refractivity contribution is 5.29. The number of oxazole rings is 1. The van der Waals surface area contributed by atoms with Gasteiger partial charge in [-0.05, 0) is 24.0 Å². The molecule has 2 aromatic rings. The molecular weight excluding hydrogens is 212 g/mol. The number of benzene rings is 1. The highest BCUT2D eigenvalue weighted by Crippen LogP contribution is 2.19. The average Bonchev–Trinajstić information content (AvgIpc) is 2.58. The minimum Gasteiger partial charge on any atom is -0.428 e. The van der Waals surface area contributed by atoms with Crippen LogP contribution in [0.1, 0.15) is 42.3 Å². The van der Waals surface area contributed by atoms with E-state index in [0.717, 1.165) is 17.9 Å². The molecular formula is C14H18N2O. The molecule has 0 unspecified atom stereocenters. The molecule has 3 heteroatoms. The van der Waals surface area contributed by atoms with E-state index in [1.807, 2.05) is 6.92 Å². The van der Waals surface area contributed by atoms with Gasteiger partial charge in [0.05, 0.1) is 5.69 Å². The van der Waals surface area contributed by atoms with Crippen LogP contribution in [0.5, 0.6) is 0 Å². The van der Waals surface area contributed by atoms with Crippen molar-refractivity contribution in [1.29, 1.82) is 0 Å². The smallest absolute Gasteiger partial charge is 0.292 e. The first-order valence-corrected chi connectivity index (χ1v) is 5.87. The second kappa shape index (κ2) is 4.62. The van der Waals surface area contributed by atoms with Crippen molar-refractivity contribution >= 4 is 6.01 Å². The fourth-order valence-corrected chi connectivity index (χ4v) is 1.82. The van der Waals surface area contributed by atoms with Crippen LogP contribution >= 0.6 is 0 Å². The molecule has 0 spiro atoms. The fourth-order valence-electron chi connectivity index (χ4n) is 1.82. The van der Waals surface area contributed by atoms with Crippen molar-refractivity contribution in [2.75, 3.05) is 5.73 Å². The maximum absolute atomic E-state index is 5.52. The predicted molar refractivity (Wildman–Crippen MR) is 69.0 cm³/mol. The van der Waals surface area contributed by atoms with Crippen LogP contribution in [0, 0.1) is 6.92 Å². The summed E-state index contributed by atoms with van der Waals surface area (Å²) in [5.74, 6) is 1.41. The van der Waals surface area contributed by atoms with Crippen LogP contribution in [0.3, 0.4) is 0 Å². The van der Waals surface area contributed by atoms with Gasteiger partial charge in [0.25, 0.3) is 6.01 Å². The molecule has 0 saturated heterocycles. The topological polar surface area (TPSA) is 52.0 Å². The highest BCUT2D eigenvalue weighted by atomic mass is 16.4. The number of nitrogens with zero attached hydrogens (tertiary/aromatic N) is 1. The van der Waals surface area contributed by atoms with Gasteiger partial charge in [0.15, 0.2) is 0 Å². The maximum Gasteiger partial charge on any atom is 0.292 e. The Morgan fingerprint density at radius 1 is 1.24 bits per heavy atom. The third-order valence-electron chi connectivity index (χ3n) is 2.92. The molecule has 0 aliphatic heterocycles. The van der Waals surface area contributed by atoms with E-state index in [2.05, 4.69) is 43.1 Å². The number of rotatable bonds is 3. The standard InChI is InChI=1S/C14H18N2O/c1-9(2)12-6-4-11(5-7-12)8-13-10(3)16-14(15)17-13/h4-7,9H,8H2,1-3H3,(H2,15,16). The molecule has 0 atom stereocenters. The van der Waals surface area contributed by atoms with Crippen molar-refractivity contribution < 1.29 is 4.42 Å². The van der Waals surface area contributed by atoms with Gasteiger partial charge in [-0.2, -0.15) is 4.98 Å². The average molecular weight is 230 g/mol. The molecule has 2 rings (SSSR count). The van der Waals surface area contributed by atoms with Gasteiger partial charge in [-0.1, -0.05) is 38.1 Å². The van der Waals surface area contributed by atoms with Crippen LogP contribution in [0.15, 0.2) is 28.7 Å². The number of hydrogen-bond acceptors (Lipinski definition) is 3. The van der Waals surface area contributed by atoms with E-state index in [0.29, 0.717) is 5.92 Å². The number of aromatic nitrogens is 1. The van der Waals surface area contributed by atoms with Gasteiger partial charge >= 0.3 is 0 Å². The van der Waals surface area contributed by atoms with Crippen molar-refractivity contribution in [3.63, 3.8) is 0 Å². The normalized spacial score (nSPS) is 11.1. The Hall–Kier alpha value is -1.77. The van der Waals surface area contributed by atoms with Crippen LogP contribution in [0.2, 0.25) is 0 Å². The van der Waals surface area contributed by atoms with Gasteiger partial charge in [-0.3, -0.25) is 0 Å². The molecule has 0 bridgehead atoms. The van der Waals surface area contributed by atoms with E-state index in [1.54, 1.807) is 0 Å². The second-order valence-electron chi connectivity index (χ2n) is 4.63. The highest BCUT2D eigenvalue weighted by Gasteiger charge is 2.08. The van der Waals surface area contributed by atoms with Gasteiger partial charge in [0.2, 0.25) is 0 Å². The third-order valence-corrected chi connectivity index (χ3v) is 2.92. The Bertz CT molecular complexity index is 497. The Morgan fingerprint density at radius 3 is 2.35 bits per heavy atom. The van der Waals surface area contributed by atoms with E-state index in [1.165, 1.54) is 11.1 Å². The largest absolute Gasteiger partial charge is 0.428 e. The summed E-state index contributed by atoms with van der Waals surface area (Å²) in [4.78, 5) is 4.06.